The molecule has 0 fully saturated rings. The van der Waals surface area contributed by atoms with Crippen LogP contribution in [-0.4, -0.2) is 58.7 Å². The molecule has 0 atom stereocenters. The molecule has 0 radical (unpaired) electrons. The Hall–Kier alpha value is -2.22. The Bertz CT molecular complexity index is 845. The van der Waals surface area contributed by atoms with Gasteiger partial charge in [0.05, 0.1) is 6.54 Å². The van der Waals surface area contributed by atoms with Crippen LogP contribution in [0.25, 0.3) is 4.96 Å². The minimum Gasteiger partial charge on any atom is -0.347 e. The van der Waals surface area contributed by atoms with E-state index >= 15 is 0 Å². The lowest BCUT2D eigenvalue weighted by Gasteiger charge is -2.20. The quantitative estimate of drug-likeness (QED) is 0.834. The monoisotopic (exact) mass is 350 g/mol. The number of fused-ring (bicyclic) bond motifs is 1. The van der Waals surface area contributed by atoms with Crippen molar-refractivity contribution in [3.8, 4) is 0 Å². The number of carbonyl (C=O) groups excluding carboxylic acids is 2. The van der Waals surface area contributed by atoms with Crippen LogP contribution in [0.5, 0.6) is 0 Å². The molecule has 0 saturated heterocycles. The average Bonchev–Trinajstić information content (AvgIpc) is 2.91. The molecule has 0 aliphatic rings. The van der Waals surface area contributed by atoms with Crippen molar-refractivity contribution >= 4 is 28.1 Å². The predicted molar refractivity (Wildman–Crippen MR) is 93.7 cm³/mol. The van der Waals surface area contributed by atoms with Gasteiger partial charge in [-0.3, -0.25) is 18.8 Å². The van der Waals surface area contributed by atoms with Crippen LogP contribution in [0.3, 0.4) is 0 Å². The summed E-state index contributed by atoms with van der Waals surface area (Å²) >= 11 is 1.36. The van der Waals surface area contributed by atoms with E-state index in [0.717, 1.165) is 5.69 Å². The van der Waals surface area contributed by atoms with E-state index in [4.69, 9.17) is 0 Å². The van der Waals surface area contributed by atoms with Crippen molar-refractivity contribution in [2.24, 2.45) is 0 Å². The van der Waals surface area contributed by atoms with Gasteiger partial charge in [0.25, 0.3) is 11.5 Å². The summed E-state index contributed by atoms with van der Waals surface area (Å²) in [5, 5.41) is 1.89. The highest BCUT2D eigenvalue weighted by atomic mass is 32.1. The third-order valence-corrected chi connectivity index (χ3v) is 4.50. The maximum atomic E-state index is 12.8. The van der Waals surface area contributed by atoms with Crippen molar-refractivity contribution in [3.63, 3.8) is 0 Å². The zero-order chi connectivity index (χ0) is 18.2. The van der Waals surface area contributed by atoms with Crippen molar-refractivity contribution in [2.45, 2.75) is 26.2 Å². The number of amides is 2. The SMILES string of the molecule is CN(C)C(=O)CN(C)C(=O)c1cnc2scc(C(C)(C)C)n2c1=O. The van der Waals surface area contributed by atoms with E-state index in [1.165, 1.54) is 38.8 Å². The van der Waals surface area contributed by atoms with Crippen molar-refractivity contribution in [1.82, 2.24) is 19.2 Å². The summed E-state index contributed by atoms with van der Waals surface area (Å²) < 4.78 is 1.49. The van der Waals surface area contributed by atoms with Crippen LogP contribution >= 0.6 is 11.3 Å². The smallest absolute Gasteiger partial charge is 0.271 e. The summed E-state index contributed by atoms with van der Waals surface area (Å²) in [6.45, 7) is 5.90. The van der Waals surface area contributed by atoms with Crippen LogP contribution in [0.1, 0.15) is 36.8 Å². The molecule has 0 aliphatic carbocycles. The fourth-order valence-electron chi connectivity index (χ4n) is 2.18. The first-order valence-electron chi connectivity index (χ1n) is 7.49. The Kier molecular flexibility index (Phi) is 4.80. The number of thiazole rings is 1. The molecule has 2 aromatic heterocycles. The van der Waals surface area contributed by atoms with Gasteiger partial charge in [0, 0.05) is 43.8 Å². The number of carbonyl (C=O) groups is 2. The lowest BCUT2D eigenvalue weighted by Crippen LogP contribution is -2.40. The van der Waals surface area contributed by atoms with Crippen molar-refractivity contribution < 1.29 is 9.59 Å². The molecule has 0 aliphatic heterocycles. The molecule has 8 heteroatoms. The summed E-state index contributed by atoms with van der Waals surface area (Å²) in [6, 6.07) is 0. The van der Waals surface area contributed by atoms with Gasteiger partial charge >= 0.3 is 0 Å². The van der Waals surface area contributed by atoms with E-state index < -0.39 is 11.5 Å². The van der Waals surface area contributed by atoms with Gasteiger partial charge in [-0.2, -0.15) is 0 Å². The number of hydrogen-bond acceptors (Lipinski definition) is 5. The third-order valence-electron chi connectivity index (χ3n) is 3.66. The van der Waals surface area contributed by atoms with Crippen LogP contribution in [0.4, 0.5) is 0 Å². The van der Waals surface area contributed by atoms with Crippen LogP contribution < -0.4 is 5.56 Å². The second-order valence-electron chi connectivity index (χ2n) is 6.92. The van der Waals surface area contributed by atoms with Crippen molar-refractivity contribution in [1.29, 1.82) is 0 Å². The molecule has 0 saturated carbocycles. The highest BCUT2D eigenvalue weighted by molar-refractivity contribution is 7.15. The number of rotatable bonds is 3. The number of likely N-dealkylation sites (N-methyl/N-ethyl adjacent to an activating group) is 2. The molecule has 0 aromatic carbocycles. The molecule has 130 valence electrons. The van der Waals surface area contributed by atoms with Crippen LogP contribution in [0, 0.1) is 0 Å². The standard InChI is InChI=1S/C16H22N4O3S/c1-16(2,3)11-9-24-15-17-7-10(14(23)20(11)15)13(22)19(6)8-12(21)18(4)5/h7,9H,8H2,1-6H3. The van der Waals surface area contributed by atoms with Gasteiger partial charge in [-0.1, -0.05) is 20.8 Å². The first-order valence-corrected chi connectivity index (χ1v) is 8.37. The van der Waals surface area contributed by atoms with Crippen LogP contribution in [0.2, 0.25) is 0 Å². The van der Waals surface area contributed by atoms with E-state index in [9.17, 15) is 14.4 Å². The lowest BCUT2D eigenvalue weighted by atomic mass is 9.93. The molecule has 2 aromatic rings. The fourth-order valence-corrected chi connectivity index (χ4v) is 3.25. The van der Waals surface area contributed by atoms with Gasteiger partial charge in [-0.05, 0) is 0 Å². The highest BCUT2D eigenvalue weighted by Gasteiger charge is 2.24. The normalized spacial score (nSPS) is 11.6. The summed E-state index contributed by atoms with van der Waals surface area (Å²) in [5.41, 5.74) is 0.116. The minimum absolute atomic E-state index is 0.0366. The molecule has 0 N–H and O–H groups in total. The van der Waals surface area contributed by atoms with E-state index in [-0.39, 0.29) is 23.4 Å². The molecule has 0 spiro atoms. The number of aromatic nitrogens is 2. The van der Waals surface area contributed by atoms with E-state index in [2.05, 4.69) is 4.98 Å². The molecule has 2 rings (SSSR count). The number of hydrogen-bond donors (Lipinski definition) is 0. The third kappa shape index (κ3) is 3.33. The van der Waals surface area contributed by atoms with Gasteiger partial charge in [-0.25, -0.2) is 4.98 Å². The molecule has 2 amide bonds. The molecule has 0 bridgehead atoms. The molecule has 0 unspecified atom stereocenters. The second kappa shape index (κ2) is 6.35. The zero-order valence-corrected chi connectivity index (χ0v) is 15.6. The maximum absolute atomic E-state index is 12.8. The van der Waals surface area contributed by atoms with E-state index in [0.29, 0.717) is 4.96 Å². The summed E-state index contributed by atoms with van der Waals surface area (Å²) in [4.78, 5) is 44.5. The Labute approximate surface area is 144 Å². The largest absolute Gasteiger partial charge is 0.347 e. The van der Waals surface area contributed by atoms with Gasteiger partial charge in [0.15, 0.2) is 4.96 Å². The van der Waals surface area contributed by atoms with E-state index in [1.54, 1.807) is 14.1 Å². The van der Waals surface area contributed by atoms with Gasteiger partial charge in [0.2, 0.25) is 5.91 Å². The first kappa shape index (κ1) is 18.1. The van der Waals surface area contributed by atoms with Crippen LogP contribution in [-0.2, 0) is 10.2 Å². The van der Waals surface area contributed by atoms with Gasteiger partial charge in [0.1, 0.15) is 5.56 Å². The highest BCUT2D eigenvalue weighted by Crippen LogP contribution is 2.25. The summed E-state index contributed by atoms with van der Waals surface area (Å²) in [6.07, 6.45) is 1.29. The Morgan fingerprint density at radius 1 is 1.25 bits per heavy atom. The Balaban J connectivity index is 2.46. The Morgan fingerprint density at radius 2 is 1.88 bits per heavy atom. The van der Waals surface area contributed by atoms with Crippen molar-refractivity contribution in [2.75, 3.05) is 27.7 Å². The summed E-state index contributed by atoms with van der Waals surface area (Å²) in [5.74, 6) is -0.728. The minimum atomic E-state index is -0.511. The van der Waals surface area contributed by atoms with Crippen LogP contribution in [0.15, 0.2) is 16.4 Å². The fraction of sp³-hybridized carbons (Fsp3) is 0.500. The molecule has 7 nitrogen and oxygen atoms in total. The number of nitrogens with zero attached hydrogens (tertiary/aromatic N) is 4. The molecule has 24 heavy (non-hydrogen) atoms. The van der Waals surface area contributed by atoms with Gasteiger partial charge in [-0.15, -0.1) is 11.3 Å². The molecular formula is C16H22N4O3S. The Morgan fingerprint density at radius 3 is 2.42 bits per heavy atom. The molecular weight excluding hydrogens is 328 g/mol. The zero-order valence-electron chi connectivity index (χ0n) is 14.8. The second-order valence-corrected chi connectivity index (χ2v) is 7.75. The lowest BCUT2D eigenvalue weighted by molar-refractivity contribution is -0.129. The molecule has 2 heterocycles. The van der Waals surface area contributed by atoms with Gasteiger partial charge < -0.3 is 9.80 Å². The van der Waals surface area contributed by atoms with E-state index in [1.807, 2.05) is 26.2 Å². The average molecular weight is 350 g/mol. The maximum Gasteiger partial charge on any atom is 0.271 e. The first-order chi connectivity index (χ1) is 11.0. The van der Waals surface area contributed by atoms with Crippen molar-refractivity contribution in [3.05, 3.63) is 33.2 Å². The topological polar surface area (TPSA) is 75.0 Å². The predicted octanol–water partition coefficient (Wildman–Crippen LogP) is 1.21. The summed E-state index contributed by atoms with van der Waals surface area (Å²) in [7, 11) is 4.73.